The van der Waals surface area contributed by atoms with Crippen LogP contribution in [0.15, 0.2) is 48.5 Å². The lowest BCUT2D eigenvalue weighted by Gasteiger charge is -2.11. The van der Waals surface area contributed by atoms with Crippen LogP contribution in [0.1, 0.15) is 27.9 Å². The van der Waals surface area contributed by atoms with Gasteiger partial charge in [-0.1, -0.05) is 36.4 Å². The van der Waals surface area contributed by atoms with E-state index in [1.54, 1.807) is 12.1 Å². The van der Waals surface area contributed by atoms with Crippen LogP contribution in [0, 0.1) is 10.5 Å². The van der Waals surface area contributed by atoms with Gasteiger partial charge in [0.15, 0.2) is 5.11 Å². The molecule has 0 unspecified atom stereocenters. The number of halogens is 1. The van der Waals surface area contributed by atoms with E-state index in [9.17, 15) is 9.59 Å². The zero-order valence-electron chi connectivity index (χ0n) is 13.6. The summed E-state index contributed by atoms with van der Waals surface area (Å²) in [5.41, 5.74) is 7.72. The second kappa shape index (κ2) is 9.47. The summed E-state index contributed by atoms with van der Waals surface area (Å²) in [6.07, 6.45) is 0.957. The molecular weight excluding hydrogens is 449 g/mol. The molecule has 3 N–H and O–H groups in total. The number of hydrazine groups is 1. The van der Waals surface area contributed by atoms with Crippen LogP contribution >= 0.6 is 34.8 Å². The van der Waals surface area contributed by atoms with Crippen molar-refractivity contribution in [2.75, 3.05) is 0 Å². The molecule has 25 heavy (non-hydrogen) atoms. The Kier molecular flexibility index (Phi) is 7.32. The molecule has 2 aromatic rings. The Morgan fingerprint density at radius 1 is 1.08 bits per heavy atom. The quantitative estimate of drug-likeness (QED) is 0.368. The lowest BCUT2D eigenvalue weighted by Crippen LogP contribution is -2.48. The fraction of sp³-hybridized carbons (Fsp3) is 0.167. The van der Waals surface area contributed by atoms with Gasteiger partial charge in [-0.25, -0.2) is 0 Å². The molecule has 130 valence electrons. The molecular formula is C18H18IN3O2S. The molecule has 2 rings (SSSR count). The molecule has 0 aliphatic heterocycles. The first kappa shape index (κ1) is 19.3. The third-order valence-electron chi connectivity index (χ3n) is 3.46. The van der Waals surface area contributed by atoms with E-state index in [4.69, 9.17) is 12.2 Å². The molecule has 2 aromatic carbocycles. The number of amides is 2. The maximum absolute atomic E-state index is 12.1. The van der Waals surface area contributed by atoms with Crippen LogP contribution in [-0.4, -0.2) is 16.9 Å². The van der Waals surface area contributed by atoms with Crippen LogP contribution in [0.4, 0.5) is 0 Å². The number of carbonyl (C=O) groups excluding carboxylic acids is 2. The Morgan fingerprint density at radius 2 is 1.80 bits per heavy atom. The molecule has 0 fully saturated rings. The van der Waals surface area contributed by atoms with E-state index >= 15 is 0 Å². The monoisotopic (exact) mass is 467 g/mol. The fourth-order valence-electron chi connectivity index (χ4n) is 2.03. The van der Waals surface area contributed by atoms with Gasteiger partial charge in [-0.2, -0.15) is 0 Å². The molecule has 0 bridgehead atoms. The van der Waals surface area contributed by atoms with Gasteiger partial charge in [-0.3, -0.25) is 25.8 Å². The highest BCUT2D eigenvalue weighted by Crippen LogP contribution is 2.13. The Hall–Kier alpha value is -2.00. The summed E-state index contributed by atoms with van der Waals surface area (Å²) in [7, 11) is 0. The van der Waals surface area contributed by atoms with Crippen molar-refractivity contribution in [2.45, 2.75) is 19.8 Å². The molecule has 0 radical (unpaired) electrons. The number of aryl methyl sites for hydroxylation is 2. The Morgan fingerprint density at radius 3 is 2.48 bits per heavy atom. The van der Waals surface area contributed by atoms with Crippen molar-refractivity contribution in [2.24, 2.45) is 0 Å². The van der Waals surface area contributed by atoms with Crippen LogP contribution in [0.5, 0.6) is 0 Å². The van der Waals surface area contributed by atoms with E-state index in [-0.39, 0.29) is 16.9 Å². The molecule has 0 aliphatic carbocycles. The van der Waals surface area contributed by atoms with E-state index in [0.717, 1.165) is 14.7 Å². The topological polar surface area (TPSA) is 70.2 Å². The Balaban J connectivity index is 1.75. The standard InChI is InChI=1S/C18H18IN3O2S/c1-12-7-9-14(11-15(12)19)17(24)20-18(25)22-21-16(23)10-8-13-5-3-2-4-6-13/h2-7,9,11H,8,10H2,1H3,(H,21,23)(H2,20,22,24,25). The molecule has 0 saturated heterocycles. The highest BCUT2D eigenvalue weighted by Gasteiger charge is 2.10. The van der Waals surface area contributed by atoms with Gasteiger partial charge in [0.2, 0.25) is 5.91 Å². The van der Waals surface area contributed by atoms with Crippen molar-refractivity contribution in [1.29, 1.82) is 0 Å². The second-order valence-corrected chi connectivity index (χ2v) is 6.98. The number of hydrogen-bond acceptors (Lipinski definition) is 3. The molecule has 7 heteroatoms. The van der Waals surface area contributed by atoms with Gasteiger partial charge in [0, 0.05) is 15.6 Å². The molecule has 2 amide bonds. The van der Waals surface area contributed by atoms with Gasteiger partial charge in [-0.15, -0.1) is 0 Å². The van der Waals surface area contributed by atoms with Crippen molar-refractivity contribution >= 4 is 51.7 Å². The summed E-state index contributed by atoms with van der Waals surface area (Å²) >= 11 is 7.20. The largest absolute Gasteiger partial charge is 0.298 e. The van der Waals surface area contributed by atoms with E-state index < -0.39 is 0 Å². The number of nitrogens with one attached hydrogen (secondary N) is 3. The predicted molar refractivity (Wildman–Crippen MR) is 110 cm³/mol. The van der Waals surface area contributed by atoms with Crippen molar-refractivity contribution in [3.8, 4) is 0 Å². The van der Waals surface area contributed by atoms with Gasteiger partial charge in [0.25, 0.3) is 5.91 Å². The zero-order chi connectivity index (χ0) is 18.2. The first-order chi connectivity index (χ1) is 12.0. The number of hydrogen-bond donors (Lipinski definition) is 3. The number of rotatable bonds is 4. The molecule has 0 saturated carbocycles. The number of carbonyl (C=O) groups is 2. The maximum atomic E-state index is 12.1. The van der Waals surface area contributed by atoms with E-state index in [1.807, 2.05) is 43.3 Å². The molecule has 0 aromatic heterocycles. The van der Waals surface area contributed by atoms with Crippen LogP contribution in [0.25, 0.3) is 0 Å². The van der Waals surface area contributed by atoms with E-state index in [0.29, 0.717) is 18.4 Å². The summed E-state index contributed by atoms with van der Waals surface area (Å²) in [4.78, 5) is 23.9. The SMILES string of the molecule is Cc1ccc(C(=O)NC(=S)NNC(=O)CCc2ccccc2)cc1I. The third kappa shape index (κ3) is 6.43. The Labute approximate surface area is 165 Å². The second-order valence-electron chi connectivity index (χ2n) is 5.41. The first-order valence-corrected chi connectivity index (χ1v) is 9.14. The molecule has 0 aliphatic rings. The van der Waals surface area contributed by atoms with E-state index in [1.165, 1.54) is 0 Å². The van der Waals surface area contributed by atoms with Crippen LogP contribution < -0.4 is 16.2 Å². The smallest absolute Gasteiger partial charge is 0.257 e. The van der Waals surface area contributed by atoms with Crippen molar-refractivity contribution in [1.82, 2.24) is 16.2 Å². The van der Waals surface area contributed by atoms with Crippen molar-refractivity contribution < 1.29 is 9.59 Å². The minimum atomic E-state index is -0.325. The first-order valence-electron chi connectivity index (χ1n) is 7.66. The van der Waals surface area contributed by atoms with Gasteiger partial charge in [-0.05, 0) is 71.4 Å². The molecule has 0 atom stereocenters. The van der Waals surface area contributed by atoms with Crippen LogP contribution in [0.2, 0.25) is 0 Å². The zero-order valence-corrected chi connectivity index (χ0v) is 16.6. The maximum Gasteiger partial charge on any atom is 0.257 e. The fourth-order valence-corrected chi connectivity index (χ4v) is 2.69. The average molecular weight is 467 g/mol. The summed E-state index contributed by atoms with van der Waals surface area (Å²) in [5.74, 6) is -0.528. The van der Waals surface area contributed by atoms with Crippen LogP contribution in [-0.2, 0) is 11.2 Å². The van der Waals surface area contributed by atoms with Gasteiger partial charge >= 0.3 is 0 Å². The highest BCUT2D eigenvalue weighted by molar-refractivity contribution is 14.1. The Bertz CT molecular complexity index is 781. The van der Waals surface area contributed by atoms with Crippen molar-refractivity contribution in [3.05, 3.63) is 68.8 Å². The minimum absolute atomic E-state index is 0.0497. The molecule has 5 nitrogen and oxygen atoms in total. The van der Waals surface area contributed by atoms with Gasteiger partial charge < -0.3 is 0 Å². The normalized spacial score (nSPS) is 10.0. The summed E-state index contributed by atoms with van der Waals surface area (Å²) in [6, 6.07) is 15.1. The van der Waals surface area contributed by atoms with Gasteiger partial charge in [0.1, 0.15) is 0 Å². The third-order valence-corrected chi connectivity index (χ3v) is 4.83. The molecule has 0 heterocycles. The van der Waals surface area contributed by atoms with Crippen LogP contribution in [0.3, 0.4) is 0 Å². The number of benzene rings is 2. The van der Waals surface area contributed by atoms with Gasteiger partial charge in [0.05, 0.1) is 0 Å². The summed E-state index contributed by atoms with van der Waals surface area (Å²) < 4.78 is 0.998. The summed E-state index contributed by atoms with van der Waals surface area (Å²) in [5, 5.41) is 2.59. The van der Waals surface area contributed by atoms with E-state index in [2.05, 4.69) is 38.8 Å². The number of thiocarbonyl (C=S) groups is 1. The average Bonchev–Trinajstić information content (AvgIpc) is 2.61. The molecule has 0 spiro atoms. The minimum Gasteiger partial charge on any atom is -0.298 e. The lowest BCUT2D eigenvalue weighted by atomic mass is 10.1. The van der Waals surface area contributed by atoms with Crippen molar-refractivity contribution in [3.63, 3.8) is 0 Å². The highest BCUT2D eigenvalue weighted by atomic mass is 127. The lowest BCUT2D eigenvalue weighted by molar-refractivity contribution is -0.121. The predicted octanol–water partition coefficient (Wildman–Crippen LogP) is 2.87. The summed E-state index contributed by atoms with van der Waals surface area (Å²) in [6.45, 7) is 1.97.